The summed E-state index contributed by atoms with van der Waals surface area (Å²) in [5, 5.41) is 23.0. The minimum Gasteiger partial charge on any atom is -0.507 e. The second-order valence-electron chi connectivity index (χ2n) is 10.3. The van der Waals surface area contributed by atoms with E-state index in [1.165, 1.54) is 36.6 Å². The number of phenols is 1. The predicted molar refractivity (Wildman–Crippen MR) is 128 cm³/mol. The van der Waals surface area contributed by atoms with Gasteiger partial charge in [0.25, 0.3) is 5.56 Å². The molecular weight excluding hydrogens is 435 g/mol. The number of piperidine rings is 1. The van der Waals surface area contributed by atoms with Gasteiger partial charge in [0.1, 0.15) is 11.6 Å². The first kappa shape index (κ1) is 22.5. The van der Waals surface area contributed by atoms with Crippen LogP contribution in [0.5, 0.6) is 5.75 Å². The third-order valence-corrected chi connectivity index (χ3v) is 7.39. The zero-order chi connectivity index (χ0) is 24.3. The molecule has 2 bridgehead atoms. The predicted octanol–water partition coefficient (Wildman–Crippen LogP) is 3.25. The maximum absolute atomic E-state index is 14.4. The van der Waals surface area contributed by atoms with E-state index in [-0.39, 0.29) is 33.8 Å². The van der Waals surface area contributed by atoms with E-state index in [0.717, 1.165) is 19.0 Å². The maximum atomic E-state index is 14.4. The third-order valence-electron chi connectivity index (χ3n) is 7.39. The summed E-state index contributed by atoms with van der Waals surface area (Å²) < 4.78 is 15.5. The molecule has 34 heavy (non-hydrogen) atoms. The Balaban J connectivity index is 1.38. The molecule has 2 aliphatic rings. The molecule has 2 N–H and O–H groups in total. The number of aromatic nitrogens is 4. The van der Waals surface area contributed by atoms with Gasteiger partial charge < -0.3 is 19.9 Å². The van der Waals surface area contributed by atoms with Gasteiger partial charge in [0.2, 0.25) is 0 Å². The zero-order valence-electron chi connectivity index (χ0n) is 19.8. The lowest BCUT2D eigenvalue weighted by Gasteiger charge is -2.45. The van der Waals surface area contributed by atoms with Crippen LogP contribution in [0.4, 0.5) is 10.2 Å². The first-order chi connectivity index (χ1) is 16.1. The number of hydrogen-bond acceptors (Lipinski definition) is 7. The highest BCUT2D eigenvalue weighted by Crippen LogP contribution is 2.43. The van der Waals surface area contributed by atoms with Gasteiger partial charge in [0.05, 0.1) is 11.8 Å². The van der Waals surface area contributed by atoms with Crippen LogP contribution in [0.1, 0.15) is 39.5 Å². The number of hydrogen-bond donors (Lipinski definition) is 2. The van der Waals surface area contributed by atoms with E-state index >= 15 is 0 Å². The molecule has 2 aliphatic heterocycles. The highest BCUT2D eigenvalue weighted by Gasteiger charge is 2.49. The smallest absolute Gasteiger partial charge is 0.251 e. The van der Waals surface area contributed by atoms with Crippen LogP contribution in [0.3, 0.4) is 0 Å². The van der Waals surface area contributed by atoms with Crippen LogP contribution < -0.4 is 15.8 Å². The number of halogens is 1. The number of phenolic OH excluding ortho intramolecular Hbond substituents is 1. The number of aromatic hydroxyl groups is 1. The van der Waals surface area contributed by atoms with Crippen molar-refractivity contribution in [3.63, 3.8) is 0 Å². The van der Waals surface area contributed by atoms with Crippen LogP contribution in [-0.4, -0.2) is 49.0 Å². The Labute approximate surface area is 197 Å². The van der Waals surface area contributed by atoms with E-state index in [1.807, 2.05) is 7.05 Å². The highest BCUT2D eigenvalue weighted by molar-refractivity contribution is 5.73. The lowest BCUT2D eigenvalue weighted by Crippen LogP contribution is -2.58. The van der Waals surface area contributed by atoms with Gasteiger partial charge in [-0.1, -0.05) is 6.07 Å². The van der Waals surface area contributed by atoms with Gasteiger partial charge in [-0.3, -0.25) is 4.79 Å². The van der Waals surface area contributed by atoms with Crippen LogP contribution in [0.2, 0.25) is 0 Å². The molecule has 3 aromatic rings. The minimum atomic E-state index is -0.548. The molecule has 1 aromatic carbocycles. The average molecular weight is 465 g/mol. The molecule has 178 valence electrons. The lowest BCUT2D eigenvalue weighted by atomic mass is 9.84. The summed E-state index contributed by atoms with van der Waals surface area (Å²) in [6, 6.07) is 6.18. The Morgan fingerprint density at radius 3 is 2.47 bits per heavy atom. The molecule has 0 amide bonds. The number of nitrogens with one attached hydrogen (secondary N) is 1. The molecule has 5 rings (SSSR count). The molecule has 2 saturated heterocycles. The summed E-state index contributed by atoms with van der Waals surface area (Å²) >= 11 is 0. The summed E-state index contributed by atoms with van der Waals surface area (Å²) in [6.45, 7) is 4.58. The summed E-state index contributed by atoms with van der Waals surface area (Å²) in [4.78, 5) is 18.5. The number of nitrogens with zero attached hydrogens (tertiary/aromatic N) is 5. The number of aryl methyl sites for hydroxylation is 1. The van der Waals surface area contributed by atoms with Gasteiger partial charge in [-0.25, -0.2) is 9.37 Å². The van der Waals surface area contributed by atoms with Crippen molar-refractivity contribution in [1.29, 1.82) is 0 Å². The Bertz CT molecular complexity index is 1290. The standard InChI is InChI=1S/C25H29FN6O2/c1-24-7-8-25(2,30-24)12-16(11-24)32(4)21-13-27-23(29-28-21)17-6-5-15(9-20(17)33)18-10-22(34)31(3)14-19(18)26/h5-6,9-10,13-14,16,30,33H,7-8,11-12H2,1-4H3/t16?,24-,25+. The quantitative estimate of drug-likeness (QED) is 0.612. The summed E-state index contributed by atoms with van der Waals surface area (Å²) in [5.41, 5.74) is 0.847. The van der Waals surface area contributed by atoms with E-state index in [9.17, 15) is 14.3 Å². The number of anilines is 1. The maximum Gasteiger partial charge on any atom is 0.251 e. The van der Waals surface area contributed by atoms with Crippen molar-refractivity contribution in [3.05, 3.63) is 52.8 Å². The van der Waals surface area contributed by atoms with E-state index in [1.54, 1.807) is 18.3 Å². The molecule has 2 fully saturated rings. The van der Waals surface area contributed by atoms with Crippen LogP contribution in [0.15, 0.2) is 41.5 Å². The van der Waals surface area contributed by atoms with Crippen LogP contribution in [0.25, 0.3) is 22.5 Å². The molecule has 9 heteroatoms. The molecular formula is C25H29FN6O2. The fourth-order valence-corrected chi connectivity index (χ4v) is 5.55. The molecule has 0 spiro atoms. The van der Waals surface area contributed by atoms with Crippen LogP contribution in [0, 0.1) is 5.82 Å². The largest absolute Gasteiger partial charge is 0.507 e. The zero-order valence-corrected chi connectivity index (χ0v) is 19.8. The van der Waals surface area contributed by atoms with Gasteiger partial charge in [0.15, 0.2) is 11.6 Å². The number of benzene rings is 1. The summed E-state index contributed by atoms with van der Waals surface area (Å²) in [7, 11) is 3.51. The van der Waals surface area contributed by atoms with Crippen molar-refractivity contribution in [2.75, 3.05) is 11.9 Å². The second-order valence-corrected chi connectivity index (χ2v) is 10.3. The summed E-state index contributed by atoms with van der Waals surface area (Å²) in [6.07, 6.45) is 7.21. The molecule has 3 atom stereocenters. The van der Waals surface area contributed by atoms with E-state index in [2.05, 4.69) is 39.2 Å². The molecule has 0 radical (unpaired) electrons. The van der Waals surface area contributed by atoms with Crippen molar-refractivity contribution in [2.45, 2.75) is 56.7 Å². The van der Waals surface area contributed by atoms with E-state index < -0.39 is 5.82 Å². The van der Waals surface area contributed by atoms with Crippen LogP contribution >= 0.6 is 0 Å². The molecule has 0 aliphatic carbocycles. The molecule has 0 saturated carbocycles. The highest BCUT2D eigenvalue weighted by atomic mass is 19.1. The molecule has 2 aromatic heterocycles. The van der Waals surface area contributed by atoms with Gasteiger partial charge >= 0.3 is 0 Å². The topological polar surface area (TPSA) is 96.2 Å². The van der Waals surface area contributed by atoms with E-state index in [0.29, 0.717) is 23.0 Å². The Hall–Kier alpha value is -3.33. The lowest BCUT2D eigenvalue weighted by molar-refractivity contribution is 0.207. The van der Waals surface area contributed by atoms with Crippen molar-refractivity contribution >= 4 is 5.82 Å². The van der Waals surface area contributed by atoms with Gasteiger partial charge in [-0.05, 0) is 57.2 Å². The van der Waals surface area contributed by atoms with Gasteiger partial charge in [-0.15, -0.1) is 10.2 Å². The SMILES string of the molecule is CN(c1cnc(-c2ccc(-c3cc(=O)n(C)cc3F)cc2O)nn1)C1C[C@]2(C)CC[C@](C)(C1)N2. The molecule has 8 nitrogen and oxygen atoms in total. The Morgan fingerprint density at radius 1 is 1.15 bits per heavy atom. The number of rotatable bonds is 4. The normalized spacial score (nSPS) is 26.0. The van der Waals surface area contributed by atoms with Crippen molar-refractivity contribution in [1.82, 2.24) is 25.1 Å². The third kappa shape index (κ3) is 3.94. The Morgan fingerprint density at radius 2 is 1.85 bits per heavy atom. The second kappa shape index (κ2) is 7.87. The fourth-order valence-electron chi connectivity index (χ4n) is 5.55. The Kier molecular flexibility index (Phi) is 5.20. The fraction of sp³-hybridized carbons (Fsp3) is 0.440. The van der Waals surface area contributed by atoms with Crippen LogP contribution in [-0.2, 0) is 7.05 Å². The van der Waals surface area contributed by atoms with Crippen molar-refractivity contribution in [2.24, 2.45) is 7.05 Å². The first-order valence-corrected chi connectivity index (χ1v) is 11.5. The van der Waals surface area contributed by atoms with E-state index in [4.69, 9.17) is 0 Å². The van der Waals surface area contributed by atoms with Crippen molar-refractivity contribution in [3.8, 4) is 28.3 Å². The van der Waals surface area contributed by atoms with Gasteiger partial charge in [-0.2, -0.15) is 0 Å². The molecule has 1 unspecified atom stereocenters. The minimum absolute atomic E-state index is 0.115. The van der Waals surface area contributed by atoms with Gasteiger partial charge in [0, 0.05) is 49.0 Å². The average Bonchev–Trinajstić information content (AvgIpc) is 3.02. The van der Waals surface area contributed by atoms with Crippen molar-refractivity contribution < 1.29 is 9.50 Å². The monoisotopic (exact) mass is 464 g/mol. The number of fused-ring (bicyclic) bond motifs is 2. The first-order valence-electron chi connectivity index (χ1n) is 11.5. The number of pyridine rings is 1. The summed E-state index contributed by atoms with van der Waals surface area (Å²) in [5.74, 6) is 0.292. The molecule has 4 heterocycles.